The third-order valence-corrected chi connectivity index (χ3v) is 5.76. The van der Waals surface area contributed by atoms with E-state index in [1.807, 2.05) is 0 Å². The summed E-state index contributed by atoms with van der Waals surface area (Å²) in [6.45, 7) is -0.383. The first-order valence-electron chi connectivity index (χ1n) is 7.39. The zero-order valence-corrected chi connectivity index (χ0v) is 15.9. The van der Waals surface area contributed by atoms with Crippen molar-refractivity contribution in [3.63, 3.8) is 0 Å². The molecule has 140 valence electrons. The van der Waals surface area contributed by atoms with Crippen molar-refractivity contribution in [3.05, 3.63) is 58.4 Å². The Morgan fingerprint density at radius 3 is 2.50 bits per heavy atom. The largest absolute Gasteiger partial charge is 0.495 e. The average molecular weight is 402 g/mol. The number of benzene rings is 2. The molecule has 0 aliphatic heterocycles. The van der Waals surface area contributed by atoms with Crippen LogP contribution in [0.3, 0.4) is 0 Å². The van der Waals surface area contributed by atoms with E-state index in [2.05, 4.69) is 0 Å². The normalized spacial score (nSPS) is 11.5. The number of carbonyl (C=O) groups is 1. The summed E-state index contributed by atoms with van der Waals surface area (Å²) in [5.41, 5.74) is 0.0239. The van der Waals surface area contributed by atoms with Crippen LogP contribution in [0, 0.1) is 5.82 Å². The Morgan fingerprint density at radius 1 is 1.23 bits per heavy atom. The molecule has 0 amide bonds. The lowest BCUT2D eigenvalue weighted by molar-refractivity contribution is 0.0469. The van der Waals surface area contributed by atoms with Crippen molar-refractivity contribution >= 4 is 27.6 Å². The molecule has 6 nitrogen and oxygen atoms in total. The monoisotopic (exact) mass is 401 g/mol. The van der Waals surface area contributed by atoms with Gasteiger partial charge in [0.15, 0.2) is 0 Å². The predicted molar refractivity (Wildman–Crippen MR) is 94.4 cm³/mol. The molecular weight excluding hydrogens is 385 g/mol. The van der Waals surface area contributed by atoms with Crippen LogP contribution in [0.2, 0.25) is 5.02 Å². The zero-order chi connectivity index (χ0) is 19.5. The van der Waals surface area contributed by atoms with Gasteiger partial charge in [0.1, 0.15) is 23.1 Å². The second-order valence-corrected chi connectivity index (χ2v) is 7.96. The van der Waals surface area contributed by atoms with E-state index in [-0.39, 0.29) is 33.4 Å². The van der Waals surface area contributed by atoms with E-state index >= 15 is 0 Å². The smallest absolute Gasteiger partial charge is 0.338 e. The second kappa shape index (κ2) is 8.03. The Hall–Kier alpha value is -2.16. The zero-order valence-electron chi connectivity index (χ0n) is 14.3. The Bertz CT molecular complexity index is 910. The van der Waals surface area contributed by atoms with Gasteiger partial charge in [0.2, 0.25) is 10.0 Å². The van der Waals surface area contributed by atoms with Crippen LogP contribution in [0.25, 0.3) is 0 Å². The lowest BCUT2D eigenvalue weighted by Crippen LogP contribution is -2.23. The molecule has 0 aliphatic rings. The summed E-state index contributed by atoms with van der Waals surface area (Å²) in [6, 6.07) is 7.97. The van der Waals surface area contributed by atoms with Crippen LogP contribution in [0.5, 0.6) is 5.75 Å². The van der Waals surface area contributed by atoms with Crippen LogP contribution in [-0.2, 0) is 21.4 Å². The molecule has 0 aliphatic carbocycles. The van der Waals surface area contributed by atoms with Gasteiger partial charge in [-0.05, 0) is 30.3 Å². The number of ether oxygens (including phenoxy) is 2. The Labute approximate surface area is 156 Å². The van der Waals surface area contributed by atoms with Crippen LogP contribution in [0.1, 0.15) is 15.9 Å². The second-order valence-electron chi connectivity index (χ2n) is 5.43. The maximum Gasteiger partial charge on any atom is 0.338 e. The van der Waals surface area contributed by atoms with E-state index in [4.69, 9.17) is 21.1 Å². The SMILES string of the molecule is COc1ccc(C(=O)OCc2c(F)cccc2Cl)cc1S(=O)(=O)N(C)C. The molecule has 2 aromatic carbocycles. The van der Waals surface area contributed by atoms with Crippen molar-refractivity contribution in [3.8, 4) is 5.75 Å². The lowest BCUT2D eigenvalue weighted by atomic mass is 10.2. The molecule has 0 unspecified atom stereocenters. The molecule has 0 radical (unpaired) electrons. The average Bonchev–Trinajstić information content (AvgIpc) is 2.60. The number of halogens is 2. The molecule has 26 heavy (non-hydrogen) atoms. The molecule has 0 saturated heterocycles. The fourth-order valence-electron chi connectivity index (χ4n) is 2.09. The highest BCUT2D eigenvalue weighted by atomic mass is 35.5. The van der Waals surface area contributed by atoms with Crippen LogP contribution in [0.4, 0.5) is 4.39 Å². The van der Waals surface area contributed by atoms with Gasteiger partial charge < -0.3 is 9.47 Å². The van der Waals surface area contributed by atoms with Crippen molar-refractivity contribution < 1.29 is 27.1 Å². The molecule has 0 bridgehead atoms. The number of carbonyl (C=O) groups excluding carboxylic acids is 1. The van der Waals surface area contributed by atoms with Crippen molar-refractivity contribution in [1.29, 1.82) is 0 Å². The number of hydrogen-bond acceptors (Lipinski definition) is 5. The molecule has 9 heteroatoms. The molecular formula is C17H17ClFNO5S. The van der Waals surface area contributed by atoms with Crippen molar-refractivity contribution in [2.75, 3.05) is 21.2 Å². The van der Waals surface area contributed by atoms with Gasteiger partial charge in [-0.3, -0.25) is 0 Å². The molecule has 2 rings (SSSR count). The van der Waals surface area contributed by atoms with E-state index in [0.717, 1.165) is 10.4 Å². The van der Waals surface area contributed by atoms with Crippen molar-refractivity contribution in [2.24, 2.45) is 0 Å². The van der Waals surface area contributed by atoms with Crippen LogP contribution in [-0.4, -0.2) is 39.9 Å². The van der Waals surface area contributed by atoms with Gasteiger partial charge in [0.25, 0.3) is 0 Å². The Kier molecular flexibility index (Phi) is 6.22. The number of rotatable bonds is 6. The number of esters is 1. The van der Waals surface area contributed by atoms with E-state index in [0.29, 0.717) is 0 Å². The minimum atomic E-state index is -3.84. The highest BCUT2D eigenvalue weighted by Crippen LogP contribution is 2.27. The topological polar surface area (TPSA) is 72.9 Å². The molecule has 0 spiro atoms. The first-order chi connectivity index (χ1) is 12.2. The maximum atomic E-state index is 13.7. The van der Waals surface area contributed by atoms with Gasteiger partial charge in [0, 0.05) is 19.7 Å². The van der Waals surface area contributed by atoms with Gasteiger partial charge in [-0.15, -0.1) is 0 Å². The summed E-state index contributed by atoms with van der Waals surface area (Å²) in [4.78, 5) is 12.1. The predicted octanol–water partition coefficient (Wildman–Crippen LogP) is 3.10. The molecule has 0 N–H and O–H groups in total. The molecule has 0 atom stereocenters. The minimum Gasteiger partial charge on any atom is -0.495 e. The van der Waals surface area contributed by atoms with Gasteiger partial charge in [-0.25, -0.2) is 21.9 Å². The summed E-state index contributed by atoms with van der Waals surface area (Å²) in [7, 11) is 0.207. The van der Waals surface area contributed by atoms with Crippen LogP contribution < -0.4 is 4.74 Å². The van der Waals surface area contributed by atoms with E-state index in [1.165, 1.54) is 51.5 Å². The molecule has 0 aromatic heterocycles. The van der Waals surface area contributed by atoms with Crippen LogP contribution >= 0.6 is 11.6 Å². The highest BCUT2D eigenvalue weighted by Gasteiger charge is 2.24. The van der Waals surface area contributed by atoms with Crippen molar-refractivity contribution in [1.82, 2.24) is 4.31 Å². The first-order valence-corrected chi connectivity index (χ1v) is 9.21. The number of methoxy groups -OCH3 is 1. The fraction of sp³-hybridized carbons (Fsp3) is 0.235. The number of sulfonamides is 1. The molecule has 2 aromatic rings. The van der Waals surface area contributed by atoms with Crippen LogP contribution in [0.15, 0.2) is 41.3 Å². The Morgan fingerprint density at radius 2 is 1.92 bits per heavy atom. The summed E-state index contributed by atoms with van der Waals surface area (Å²) < 4.78 is 49.6. The standard InChI is InChI=1S/C17H17ClFNO5S/c1-20(2)26(22,23)16-9-11(7-8-15(16)24-3)17(21)25-10-12-13(18)5-4-6-14(12)19/h4-9H,10H2,1-3H3. The summed E-state index contributed by atoms with van der Waals surface area (Å²) in [5, 5.41) is 0.128. The van der Waals surface area contributed by atoms with E-state index in [1.54, 1.807) is 0 Å². The van der Waals surface area contributed by atoms with E-state index in [9.17, 15) is 17.6 Å². The van der Waals surface area contributed by atoms with Gasteiger partial charge >= 0.3 is 5.97 Å². The Balaban J connectivity index is 2.30. The third kappa shape index (κ3) is 4.14. The lowest BCUT2D eigenvalue weighted by Gasteiger charge is -2.15. The van der Waals surface area contributed by atoms with E-state index < -0.39 is 21.8 Å². The van der Waals surface area contributed by atoms with Gasteiger partial charge in [0.05, 0.1) is 17.7 Å². The first kappa shape index (κ1) is 20.2. The summed E-state index contributed by atoms with van der Waals surface area (Å²) in [5.74, 6) is -1.33. The summed E-state index contributed by atoms with van der Waals surface area (Å²) >= 11 is 5.89. The quantitative estimate of drug-likeness (QED) is 0.695. The van der Waals surface area contributed by atoms with Crippen molar-refractivity contribution in [2.45, 2.75) is 11.5 Å². The third-order valence-electron chi connectivity index (χ3n) is 3.57. The molecule has 0 fully saturated rings. The number of nitrogens with zero attached hydrogens (tertiary/aromatic N) is 1. The highest BCUT2D eigenvalue weighted by molar-refractivity contribution is 7.89. The minimum absolute atomic E-state index is 0.0151. The maximum absolute atomic E-state index is 13.7. The fourth-order valence-corrected chi connectivity index (χ4v) is 3.39. The van der Waals surface area contributed by atoms with Gasteiger partial charge in [-0.2, -0.15) is 0 Å². The van der Waals surface area contributed by atoms with Gasteiger partial charge in [-0.1, -0.05) is 17.7 Å². The summed E-state index contributed by atoms with van der Waals surface area (Å²) in [6.07, 6.45) is 0. The molecule has 0 saturated carbocycles. The number of hydrogen-bond donors (Lipinski definition) is 0. The molecule has 0 heterocycles.